The number of hydrogen-bond donors (Lipinski definition) is 1. The number of nitrogens with one attached hydrogen (secondary N) is 1. The molecule has 0 aromatic heterocycles. The number of para-hydroxylation sites is 1. The zero-order chi connectivity index (χ0) is 15.0. The summed E-state index contributed by atoms with van der Waals surface area (Å²) >= 11 is 0. The highest BCUT2D eigenvalue weighted by molar-refractivity contribution is 7.89. The van der Waals surface area contributed by atoms with Gasteiger partial charge in [0.05, 0.1) is 23.7 Å². The van der Waals surface area contributed by atoms with Gasteiger partial charge in [-0.1, -0.05) is 12.1 Å². The Morgan fingerprint density at radius 2 is 2.10 bits per heavy atom. The number of benzene rings is 1. The van der Waals surface area contributed by atoms with E-state index in [1.165, 1.54) is 28.6 Å². The third-order valence-electron chi connectivity index (χ3n) is 3.79. The molecule has 1 aromatic carbocycles. The number of nitro benzene ring substituents is 1. The van der Waals surface area contributed by atoms with E-state index < -0.39 is 20.6 Å². The van der Waals surface area contributed by atoms with Crippen LogP contribution < -0.4 is 5.32 Å². The molecule has 1 N–H and O–H groups in total. The predicted molar refractivity (Wildman–Crippen MR) is 73.4 cm³/mol. The molecule has 2 fully saturated rings. The van der Waals surface area contributed by atoms with Crippen LogP contribution in [0.2, 0.25) is 0 Å². The first-order valence-electron chi connectivity index (χ1n) is 6.59. The summed E-state index contributed by atoms with van der Waals surface area (Å²) in [6.07, 6.45) is -0.198. The third kappa shape index (κ3) is 2.42. The Bertz CT molecular complexity index is 663. The van der Waals surface area contributed by atoms with E-state index in [9.17, 15) is 18.5 Å². The molecule has 0 saturated carbocycles. The van der Waals surface area contributed by atoms with E-state index in [1.54, 1.807) is 0 Å². The average Bonchev–Trinajstić information content (AvgIpc) is 2.95. The smallest absolute Gasteiger partial charge is 0.289 e. The van der Waals surface area contributed by atoms with Crippen molar-refractivity contribution in [3.8, 4) is 0 Å². The fraction of sp³-hybridized carbons (Fsp3) is 0.500. The van der Waals surface area contributed by atoms with E-state index in [0.717, 1.165) is 0 Å². The van der Waals surface area contributed by atoms with E-state index >= 15 is 0 Å². The number of hydrogen-bond acceptors (Lipinski definition) is 6. The van der Waals surface area contributed by atoms with Crippen LogP contribution in [0.3, 0.4) is 0 Å². The van der Waals surface area contributed by atoms with Crippen LogP contribution in [0.5, 0.6) is 0 Å². The van der Waals surface area contributed by atoms with Crippen molar-refractivity contribution in [2.45, 2.75) is 17.0 Å². The normalized spacial score (nSPS) is 26.5. The van der Waals surface area contributed by atoms with Crippen molar-refractivity contribution < 1.29 is 18.1 Å². The topological polar surface area (TPSA) is 102 Å². The van der Waals surface area contributed by atoms with Gasteiger partial charge < -0.3 is 10.1 Å². The van der Waals surface area contributed by atoms with Gasteiger partial charge in [0.25, 0.3) is 5.69 Å². The lowest BCUT2D eigenvalue weighted by Gasteiger charge is -2.35. The lowest BCUT2D eigenvalue weighted by atomic mass is 10.2. The van der Waals surface area contributed by atoms with Gasteiger partial charge in [0.1, 0.15) is 0 Å². The summed E-state index contributed by atoms with van der Waals surface area (Å²) in [5, 5.41) is 14.2. The van der Waals surface area contributed by atoms with Crippen molar-refractivity contribution in [1.82, 2.24) is 9.62 Å². The standard InChI is InChI=1S/C12H15N3O5S/c16-15(17)9-3-1-2-4-12(9)21(18,19)14-5-6-20-11-8-13-7-10(11)14/h1-4,10-11,13H,5-8H2/t10-,11+/m1/s1. The van der Waals surface area contributed by atoms with Crippen molar-refractivity contribution in [2.24, 2.45) is 0 Å². The third-order valence-corrected chi connectivity index (χ3v) is 5.76. The molecule has 1 aromatic rings. The Morgan fingerprint density at radius 3 is 2.86 bits per heavy atom. The zero-order valence-corrected chi connectivity index (χ0v) is 12.0. The van der Waals surface area contributed by atoms with Gasteiger partial charge >= 0.3 is 0 Å². The largest absolute Gasteiger partial charge is 0.374 e. The molecule has 21 heavy (non-hydrogen) atoms. The molecule has 2 atom stereocenters. The van der Waals surface area contributed by atoms with Crippen LogP contribution in [0.4, 0.5) is 5.69 Å². The quantitative estimate of drug-likeness (QED) is 0.620. The highest BCUT2D eigenvalue weighted by Crippen LogP contribution is 2.30. The molecule has 0 aliphatic carbocycles. The Balaban J connectivity index is 2.02. The van der Waals surface area contributed by atoms with E-state index in [1.807, 2.05) is 0 Å². The molecule has 0 amide bonds. The van der Waals surface area contributed by atoms with Crippen LogP contribution in [0.1, 0.15) is 0 Å². The minimum atomic E-state index is -3.92. The Morgan fingerprint density at radius 1 is 1.33 bits per heavy atom. The van der Waals surface area contributed by atoms with Gasteiger partial charge in [-0.25, -0.2) is 8.42 Å². The van der Waals surface area contributed by atoms with Crippen LogP contribution in [0.15, 0.2) is 29.2 Å². The lowest BCUT2D eigenvalue weighted by molar-refractivity contribution is -0.387. The Hall–Kier alpha value is -1.55. The molecule has 2 saturated heterocycles. The van der Waals surface area contributed by atoms with Crippen LogP contribution in [-0.2, 0) is 14.8 Å². The highest BCUT2D eigenvalue weighted by atomic mass is 32.2. The molecule has 2 aliphatic rings. The van der Waals surface area contributed by atoms with Crippen molar-refractivity contribution in [3.63, 3.8) is 0 Å². The monoisotopic (exact) mass is 313 g/mol. The predicted octanol–water partition coefficient (Wildman–Crippen LogP) is -0.0439. The minimum absolute atomic E-state index is 0.198. The molecular formula is C12H15N3O5S. The summed E-state index contributed by atoms with van der Waals surface area (Å²) < 4.78 is 32.4. The number of rotatable bonds is 3. The summed E-state index contributed by atoms with van der Waals surface area (Å²) in [6, 6.07) is 5.11. The molecule has 2 aliphatic heterocycles. The Kier molecular flexibility index (Phi) is 3.66. The molecule has 0 spiro atoms. The number of sulfonamides is 1. The van der Waals surface area contributed by atoms with Gasteiger partial charge in [-0.2, -0.15) is 4.31 Å². The highest BCUT2D eigenvalue weighted by Gasteiger charge is 2.44. The second-order valence-corrected chi connectivity index (χ2v) is 6.83. The van der Waals surface area contributed by atoms with E-state index in [2.05, 4.69) is 5.32 Å². The first-order valence-corrected chi connectivity index (χ1v) is 8.03. The van der Waals surface area contributed by atoms with Gasteiger partial charge in [0, 0.05) is 25.7 Å². The van der Waals surface area contributed by atoms with Crippen LogP contribution in [0, 0.1) is 10.1 Å². The molecule has 114 valence electrons. The molecule has 2 heterocycles. The SMILES string of the molecule is O=[N+]([O-])c1ccccc1S(=O)(=O)N1CCO[C@H]2CNC[C@H]21. The Labute approximate surface area is 121 Å². The second-order valence-electron chi connectivity index (χ2n) is 4.98. The summed E-state index contributed by atoms with van der Waals surface area (Å²) in [4.78, 5) is 10.1. The van der Waals surface area contributed by atoms with Crippen LogP contribution >= 0.6 is 0 Å². The average molecular weight is 313 g/mol. The first-order chi connectivity index (χ1) is 10.0. The van der Waals surface area contributed by atoms with Gasteiger partial charge in [-0.05, 0) is 6.07 Å². The number of nitro groups is 1. The summed E-state index contributed by atoms with van der Waals surface area (Å²) in [5.74, 6) is 0. The van der Waals surface area contributed by atoms with Crippen molar-refractivity contribution >= 4 is 15.7 Å². The number of ether oxygens (including phenoxy) is 1. The fourth-order valence-corrected chi connectivity index (χ4v) is 4.60. The van der Waals surface area contributed by atoms with Crippen molar-refractivity contribution in [1.29, 1.82) is 0 Å². The molecule has 9 heteroatoms. The summed E-state index contributed by atoms with van der Waals surface area (Å²) in [7, 11) is -3.92. The molecule has 0 radical (unpaired) electrons. The first kappa shape index (κ1) is 14.4. The van der Waals surface area contributed by atoms with Gasteiger partial charge in [-0.3, -0.25) is 10.1 Å². The fourth-order valence-electron chi connectivity index (χ4n) is 2.81. The van der Waals surface area contributed by atoms with Gasteiger partial charge in [0.2, 0.25) is 10.0 Å². The summed E-state index contributed by atoms with van der Waals surface area (Å²) in [5.41, 5.74) is -0.397. The van der Waals surface area contributed by atoms with E-state index in [-0.39, 0.29) is 23.6 Å². The van der Waals surface area contributed by atoms with Crippen molar-refractivity contribution in [3.05, 3.63) is 34.4 Å². The number of fused-ring (bicyclic) bond motifs is 1. The molecular weight excluding hydrogens is 298 g/mol. The summed E-state index contributed by atoms with van der Waals surface area (Å²) in [6.45, 7) is 1.58. The minimum Gasteiger partial charge on any atom is -0.374 e. The lowest BCUT2D eigenvalue weighted by Crippen LogP contribution is -2.53. The zero-order valence-electron chi connectivity index (χ0n) is 11.1. The maximum atomic E-state index is 12.8. The van der Waals surface area contributed by atoms with E-state index in [4.69, 9.17) is 4.74 Å². The number of morpholine rings is 1. The van der Waals surface area contributed by atoms with Crippen molar-refractivity contribution in [2.75, 3.05) is 26.2 Å². The molecule has 3 rings (SSSR count). The number of nitrogens with zero attached hydrogens (tertiary/aromatic N) is 2. The van der Waals surface area contributed by atoms with Gasteiger partial charge in [0.15, 0.2) is 4.90 Å². The second kappa shape index (κ2) is 5.34. The molecule has 0 unspecified atom stereocenters. The van der Waals surface area contributed by atoms with Gasteiger partial charge in [-0.15, -0.1) is 0 Å². The van der Waals surface area contributed by atoms with Crippen LogP contribution in [-0.4, -0.2) is 56.0 Å². The maximum Gasteiger partial charge on any atom is 0.289 e. The van der Waals surface area contributed by atoms with E-state index in [0.29, 0.717) is 19.7 Å². The van der Waals surface area contributed by atoms with Crippen LogP contribution in [0.25, 0.3) is 0 Å². The maximum absolute atomic E-state index is 12.8. The molecule has 0 bridgehead atoms. The molecule has 8 nitrogen and oxygen atoms in total.